The molecule has 0 saturated carbocycles. The molecule has 2 nitrogen and oxygen atoms in total. The highest BCUT2D eigenvalue weighted by Crippen LogP contribution is 2.29. The minimum absolute atomic E-state index is 0.259. The molecule has 0 aliphatic heterocycles. The fourth-order valence-corrected chi connectivity index (χ4v) is 2.43. The Bertz CT molecular complexity index is 661. The average Bonchev–Trinajstić information content (AvgIpc) is 2.89. The Labute approximate surface area is 118 Å². The number of hydrogen-bond donors (Lipinski definition) is 1. The summed E-state index contributed by atoms with van der Waals surface area (Å²) in [6.45, 7) is 0. The van der Waals surface area contributed by atoms with Gasteiger partial charge in [0.05, 0.1) is 11.4 Å². The van der Waals surface area contributed by atoms with Crippen LogP contribution in [0.15, 0.2) is 59.1 Å². The topological polar surface area (TPSA) is 28.7 Å². The Morgan fingerprint density at radius 1 is 0.947 bits per heavy atom. The van der Waals surface area contributed by atoms with Crippen LogP contribution in [-0.2, 0) is 0 Å². The van der Waals surface area contributed by atoms with Gasteiger partial charge in [-0.3, -0.25) is 5.10 Å². The zero-order valence-corrected chi connectivity index (χ0v) is 11.5. The van der Waals surface area contributed by atoms with Crippen molar-refractivity contribution in [3.63, 3.8) is 0 Å². The van der Waals surface area contributed by atoms with E-state index in [2.05, 4.69) is 26.1 Å². The van der Waals surface area contributed by atoms with Crippen molar-refractivity contribution in [1.82, 2.24) is 10.2 Å². The molecule has 1 N–H and O–H groups in total. The molecule has 1 aromatic heterocycles. The van der Waals surface area contributed by atoms with Gasteiger partial charge < -0.3 is 0 Å². The van der Waals surface area contributed by atoms with Crippen molar-refractivity contribution in [3.05, 3.63) is 64.9 Å². The summed E-state index contributed by atoms with van der Waals surface area (Å²) in [5.41, 5.74) is 2.95. The van der Waals surface area contributed by atoms with Gasteiger partial charge in [0.25, 0.3) is 0 Å². The maximum Gasteiger partial charge on any atom is 0.132 e. The number of nitrogens with one attached hydrogen (secondary N) is 1. The van der Waals surface area contributed by atoms with Crippen molar-refractivity contribution in [3.8, 4) is 22.5 Å². The smallest absolute Gasteiger partial charge is 0.132 e. The van der Waals surface area contributed by atoms with Crippen LogP contribution in [0.1, 0.15) is 0 Å². The number of halogens is 2. The first-order chi connectivity index (χ1) is 9.25. The maximum atomic E-state index is 13.7. The lowest BCUT2D eigenvalue weighted by Crippen LogP contribution is -1.82. The molecule has 0 atom stereocenters. The average molecular weight is 317 g/mol. The minimum Gasteiger partial charge on any atom is -0.277 e. The summed E-state index contributed by atoms with van der Waals surface area (Å²) in [5, 5.41) is 7.12. The van der Waals surface area contributed by atoms with Crippen molar-refractivity contribution in [2.45, 2.75) is 0 Å². The van der Waals surface area contributed by atoms with Crippen LogP contribution in [-0.4, -0.2) is 10.2 Å². The van der Waals surface area contributed by atoms with E-state index in [1.807, 2.05) is 30.3 Å². The zero-order chi connectivity index (χ0) is 13.2. The van der Waals surface area contributed by atoms with Crippen molar-refractivity contribution in [2.75, 3.05) is 0 Å². The molecule has 0 unspecified atom stereocenters. The lowest BCUT2D eigenvalue weighted by molar-refractivity contribution is 0.630. The van der Waals surface area contributed by atoms with Gasteiger partial charge >= 0.3 is 0 Å². The molecular weight excluding hydrogens is 307 g/mol. The Hall–Kier alpha value is -1.94. The van der Waals surface area contributed by atoms with E-state index in [1.54, 1.807) is 18.2 Å². The molecule has 0 aliphatic rings. The summed E-state index contributed by atoms with van der Waals surface area (Å²) in [6.07, 6.45) is 0. The van der Waals surface area contributed by atoms with E-state index >= 15 is 0 Å². The van der Waals surface area contributed by atoms with Gasteiger partial charge in [-0.15, -0.1) is 0 Å². The molecule has 4 heteroatoms. The van der Waals surface area contributed by atoms with Gasteiger partial charge in [-0.2, -0.15) is 5.10 Å². The van der Waals surface area contributed by atoms with Gasteiger partial charge in [0.1, 0.15) is 5.82 Å². The van der Waals surface area contributed by atoms with E-state index in [9.17, 15) is 4.39 Å². The number of H-pyrrole nitrogens is 1. The Kier molecular flexibility index (Phi) is 3.17. The zero-order valence-electron chi connectivity index (χ0n) is 9.90. The predicted octanol–water partition coefficient (Wildman–Crippen LogP) is 4.65. The van der Waals surface area contributed by atoms with E-state index in [0.29, 0.717) is 11.3 Å². The van der Waals surface area contributed by atoms with Gasteiger partial charge in [0, 0.05) is 15.6 Å². The second kappa shape index (κ2) is 4.97. The fourth-order valence-electron chi connectivity index (χ4n) is 1.95. The second-order valence-electron chi connectivity index (χ2n) is 4.13. The fraction of sp³-hybridized carbons (Fsp3) is 0. The molecule has 0 bridgehead atoms. The molecule has 0 saturated heterocycles. The summed E-state index contributed by atoms with van der Waals surface area (Å²) in [5.74, 6) is -0.259. The highest BCUT2D eigenvalue weighted by molar-refractivity contribution is 9.10. The van der Waals surface area contributed by atoms with Gasteiger partial charge in [-0.05, 0) is 24.3 Å². The lowest BCUT2D eigenvalue weighted by atomic mass is 10.1. The predicted molar refractivity (Wildman–Crippen MR) is 77.1 cm³/mol. The maximum absolute atomic E-state index is 13.7. The Balaban J connectivity index is 2.06. The molecule has 0 fully saturated rings. The number of aromatic amines is 1. The van der Waals surface area contributed by atoms with E-state index in [-0.39, 0.29) is 5.82 Å². The van der Waals surface area contributed by atoms with Gasteiger partial charge in [-0.25, -0.2) is 4.39 Å². The van der Waals surface area contributed by atoms with Crippen LogP contribution < -0.4 is 0 Å². The molecule has 0 amide bonds. The van der Waals surface area contributed by atoms with Crippen LogP contribution in [0.5, 0.6) is 0 Å². The molecule has 0 spiro atoms. The largest absolute Gasteiger partial charge is 0.277 e. The quantitative estimate of drug-likeness (QED) is 0.732. The SMILES string of the molecule is Fc1ccccc1-c1cc(-c2ccccc2Br)n[nH]1. The third kappa shape index (κ3) is 2.31. The van der Waals surface area contributed by atoms with Crippen LogP contribution in [0, 0.1) is 5.82 Å². The summed E-state index contributed by atoms with van der Waals surface area (Å²) in [4.78, 5) is 0. The molecule has 1 heterocycles. The van der Waals surface area contributed by atoms with Crippen molar-refractivity contribution >= 4 is 15.9 Å². The summed E-state index contributed by atoms with van der Waals surface area (Å²) in [7, 11) is 0. The first-order valence-corrected chi connectivity index (χ1v) is 6.60. The Morgan fingerprint density at radius 3 is 2.37 bits per heavy atom. The van der Waals surface area contributed by atoms with Crippen LogP contribution in [0.25, 0.3) is 22.5 Å². The molecule has 2 aromatic carbocycles. The highest BCUT2D eigenvalue weighted by Gasteiger charge is 2.10. The third-order valence-corrected chi connectivity index (χ3v) is 3.58. The standard InChI is InChI=1S/C15H10BrFN2/c16-12-7-3-1-5-10(12)14-9-15(19-18-14)11-6-2-4-8-13(11)17/h1-9H,(H,18,19). The third-order valence-electron chi connectivity index (χ3n) is 2.89. The number of benzene rings is 2. The van der Waals surface area contributed by atoms with Gasteiger partial charge in [0.15, 0.2) is 0 Å². The van der Waals surface area contributed by atoms with Crippen LogP contribution in [0.3, 0.4) is 0 Å². The molecular formula is C15H10BrFN2. The molecule has 0 radical (unpaired) electrons. The van der Waals surface area contributed by atoms with Crippen LogP contribution in [0.2, 0.25) is 0 Å². The van der Waals surface area contributed by atoms with E-state index in [4.69, 9.17) is 0 Å². The normalized spacial score (nSPS) is 10.6. The molecule has 94 valence electrons. The molecule has 3 aromatic rings. The number of aromatic nitrogens is 2. The highest BCUT2D eigenvalue weighted by atomic mass is 79.9. The van der Waals surface area contributed by atoms with Crippen molar-refractivity contribution in [1.29, 1.82) is 0 Å². The van der Waals surface area contributed by atoms with Crippen molar-refractivity contribution < 1.29 is 4.39 Å². The molecule has 3 rings (SSSR count). The first-order valence-electron chi connectivity index (χ1n) is 5.81. The molecule has 0 aliphatic carbocycles. The summed E-state index contributed by atoms with van der Waals surface area (Å²) >= 11 is 3.48. The van der Waals surface area contributed by atoms with E-state index in [0.717, 1.165) is 15.7 Å². The van der Waals surface area contributed by atoms with E-state index < -0.39 is 0 Å². The monoisotopic (exact) mass is 316 g/mol. The summed E-state index contributed by atoms with van der Waals surface area (Å²) < 4.78 is 14.7. The van der Waals surface area contributed by atoms with E-state index in [1.165, 1.54) is 6.07 Å². The van der Waals surface area contributed by atoms with Crippen LogP contribution in [0.4, 0.5) is 4.39 Å². The summed E-state index contributed by atoms with van der Waals surface area (Å²) in [6, 6.07) is 16.3. The van der Waals surface area contributed by atoms with Gasteiger partial charge in [0.2, 0.25) is 0 Å². The van der Waals surface area contributed by atoms with Crippen molar-refractivity contribution in [2.24, 2.45) is 0 Å². The first kappa shape index (κ1) is 12.1. The number of hydrogen-bond acceptors (Lipinski definition) is 1. The lowest BCUT2D eigenvalue weighted by Gasteiger charge is -1.99. The molecule has 19 heavy (non-hydrogen) atoms. The minimum atomic E-state index is -0.259. The van der Waals surface area contributed by atoms with Crippen LogP contribution >= 0.6 is 15.9 Å². The van der Waals surface area contributed by atoms with Gasteiger partial charge in [-0.1, -0.05) is 46.3 Å². The number of nitrogens with zero attached hydrogens (tertiary/aromatic N) is 1. The Morgan fingerprint density at radius 2 is 1.63 bits per heavy atom. The number of rotatable bonds is 2. The second-order valence-corrected chi connectivity index (χ2v) is 4.98.